The zero-order valence-electron chi connectivity index (χ0n) is 21.6. The smallest absolute Gasteiger partial charge is 0.408 e. The predicted molar refractivity (Wildman–Crippen MR) is 131 cm³/mol. The average Bonchev–Trinajstić information content (AvgIpc) is 2.74. The van der Waals surface area contributed by atoms with Gasteiger partial charge in [-0.3, -0.25) is 9.59 Å². The van der Waals surface area contributed by atoms with Crippen LogP contribution in [0, 0.1) is 12.8 Å². The summed E-state index contributed by atoms with van der Waals surface area (Å²) in [6, 6.07) is 3.25. The molecular weight excluding hydrogens is 434 g/mol. The van der Waals surface area contributed by atoms with Gasteiger partial charge in [-0.15, -0.1) is 0 Å². The SMILES string of the molecule is Cc1cccc(C(C(=O)NC2CCCCC2)N(C)C(=O)C(NC(=O)OC(C)(C)C)C(C)C)c1O. The number of nitrogens with one attached hydrogen (secondary N) is 2. The third-order valence-electron chi connectivity index (χ3n) is 6.10. The summed E-state index contributed by atoms with van der Waals surface area (Å²) >= 11 is 0. The number of likely N-dealkylation sites (N-methyl/N-ethyl adjacent to an activating group) is 1. The Morgan fingerprint density at radius 3 is 2.29 bits per heavy atom. The summed E-state index contributed by atoms with van der Waals surface area (Å²) in [6.07, 6.45) is 4.34. The maximum Gasteiger partial charge on any atom is 0.408 e. The summed E-state index contributed by atoms with van der Waals surface area (Å²) < 4.78 is 5.34. The van der Waals surface area contributed by atoms with E-state index in [-0.39, 0.29) is 23.6 Å². The topological polar surface area (TPSA) is 108 Å². The first-order valence-electron chi connectivity index (χ1n) is 12.2. The van der Waals surface area contributed by atoms with Crippen LogP contribution < -0.4 is 10.6 Å². The molecule has 3 N–H and O–H groups in total. The Bertz CT molecular complexity index is 872. The highest BCUT2D eigenvalue weighted by molar-refractivity contribution is 5.92. The van der Waals surface area contributed by atoms with Gasteiger partial charge in [-0.05, 0) is 52.0 Å². The van der Waals surface area contributed by atoms with Crippen molar-refractivity contribution in [2.45, 2.75) is 97.4 Å². The van der Waals surface area contributed by atoms with E-state index in [4.69, 9.17) is 4.74 Å². The van der Waals surface area contributed by atoms with Crippen molar-refractivity contribution < 1.29 is 24.2 Å². The Balaban J connectivity index is 2.35. The number of carbonyl (C=O) groups is 3. The molecule has 0 aromatic heterocycles. The minimum atomic E-state index is -1.05. The van der Waals surface area contributed by atoms with Gasteiger partial charge in [0.2, 0.25) is 11.8 Å². The molecule has 1 saturated carbocycles. The molecular formula is C26H41N3O5. The number of amides is 3. The van der Waals surface area contributed by atoms with Crippen molar-refractivity contribution in [2.24, 2.45) is 5.92 Å². The first-order valence-corrected chi connectivity index (χ1v) is 12.2. The van der Waals surface area contributed by atoms with Crippen LogP contribution in [0.25, 0.3) is 0 Å². The highest BCUT2D eigenvalue weighted by Gasteiger charge is 2.37. The zero-order valence-corrected chi connectivity index (χ0v) is 21.6. The summed E-state index contributed by atoms with van der Waals surface area (Å²) in [4.78, 5) is 40.8. The largest absolute Gasteiger partial charge is 0.507 e. The maximum atomic E-state index is 13.6. The Morgan fingerprint density at radius 2 is 1.74 bits per heavy atom. The van der Waals surface area contributed by atoms with Gasteiger partial charge in [0, 0.05) is 18.7 Å². The lowest BCUT2D eigenvalue weighted by Crippen LogP contribution is -2.54. The van der Waals surface area contributed by atoms with Gasteiger partial charge in [-0.25, -0.2) is 4.79 Å². The molecule has 0 heterocycles. The van der Waals surface area contributed by atoms with Crippen LogP contribution in [0.15, 0.2) is 18.2 Å². The molecule has 34 heavy (non-hydrogen) atoms. The Hall–Kier alpha value is -2.77. The molecule has 8 heteroatoms. The molecule has 0 radical (unpaired) electrons. The molecule has 190 valence electrons. The van der Waals surface area contributed by atoms with Gasteiger partial charge in [0.05, 0.1) is 0 Å². The van der Waals surface area contributed by atoms with Gasteiger partial charge in [-0.1, -0.05) is 51.3 Å². The zero-order chi connectivity index (χ0) is 25.6. The molecule has 2 unspecified atom stereocenters. The van der Waals surface area contributed by atoms with E-state index in [1.807, 2.05) is 13.8 Å². The van der Waals surface area contributed by atoms with Crippen LogP contribution in [-0.4, -0.2) is 52.6 Å². The van der Waals surface area contributed by atoms with E-state index in [2.05, 4.69) is 10.6 Å². The van der Waals surface area contributed by atoms with Crippen molar-refractivity contribution in [2.75, 3.05) is 7.05 Å². The van der Waals surface area contributed by atoms with Crippen LogP contribution in [0.2, 0.25) is 0 Å². The number of benzene rings is 1. The van der Waals surface area contributed by atoms with E-state index >= 15 is 0 Å². The van der Waals surface area contributed by atoms with E-state index in [9.17, 15) is 19.5 Å². The standard InChI is InChI=1S/C26H41N3O5/c1-16(2)20(28-25(33)34-26(4,5)6)24(32)29(7)21(19-15-11-12-17(3)22(19)30)23(31)27-18-13-9-8-10-14-18/h11-12,15-16,18,20-21,30H,8-10,13-14H2,1-7H3,(H,27,31)(H,28,33). The average molecular weight is 476 g/mol. The molecule has 8 nitrogen and oxygen atoms in total. The van der Waals surface area contributed by atoms with Gasteiger partial charge >= 0.3 is 6.09 Å². The Morgan fingerprint density at radius 1 is 1.12 bits per heavy atom. The quantitative estimate of drug-likeness (QED) is 0.548. The number of carbonyl (C=O) groups excluding carboxylic acids is 3. The Kier molecular flexibility index (Phi) is 9.36. The second kappa shape index (κ2) is 11.6. The van der Waals surface area contributed by atoms with Crippen molar-refractivity contribution in [3.8, 4) is 5.75 Å². The third-order valence-corrected chi connectivity index (χ3v) is 6.10. The van der Waals surface area contributed by atoms with Gasteiger partial charge < -0.3 is 25.4 Å². The number of ether oxygens (including phenoxy) is 1. The number of alkyl carbamates (subject to hydrolysis) is 1. The fourth-order valence-electron chi connectivity index (χ4n) is 4.25. The van der Waals surface area contributed by atoms with Crippen molar-refractivity contribution in [3.63, 3.8) is 0 Å². The van der Waals surface area contributed by atoms with Crippen LogP contribution in [0.1, 0.15) is 83.9 Å². The monoisotopic (exact) mass is 475 g/mol. The van der Waals surface area contributed by atoms with Crippen LogP contribution in [0.4, 0.5) is 4.79 Å². The summed E-state index contributed by atoms with van der Waals surface area (Å²) in [5, 5.41) is 16.5. The highest BCUT2D eigenvalue weighted by atomic mass is 16.6. The summed E-state index contributed by atoms with van der Waals surface area (Å²) in [5.74, 6) is -1.06. The third kappa shape index (κ3) is 7.37. The van der Waals surface area contributed by atoms with E-state index in [0.29, 0.717) is 11.1 Å². The highest BCUT2D eigenvalue weighted by Crippen LogP contribution is 2.32. The van der Waals surface area contributed by atoms with Crippen LogP contribution >= 0.6 is 0 Å². The minimum Gasteiger partial charge on any atom is -0.507 e. The normalized spacial score (nSPS) is 16.5. The van der Waals surface area contributed by atoms with Crippen LogP contribution in [0.3, 0.4) is 0 Å². The predicted octanol–water partition coefficient (Wildman–Crippen LogP) is 4.20. The molecule has 1 aromatic carbocycles. The molecule has 1 aliphatic rings. The molecule has 2 atom stereocenters. The molecule has 1 aromatic rings. The molecule has 1 fully saturated rings. The molecule has 0 aliphatic heterocycles. The number of para-hydroxylation sites is 1. The van der Waals surface area contributed by atoms with Crippen LogP contribution in [-0.2, 0) is 14.3 Å². The van der Waals surface area contributed by atoms with Crippen LogP contribution in [0.5, 0.6) is 5.75 Å². The van der Waals surface area contributed by atoms with Crippen molar-refractivity contribution >= 4 is 17.9 Å². The molecule has 0 saturated heterocycles. The van der Waals surface area contributed by atoms with Gasteiger partial charge in [0.25, 0.3) is 0 Å². The molecule has 2 rings (SSSR count). The number of aromatic hydroxyl groups is 1. The number of rotatable bonds is 7. The number of phenolic OH excluding ortho intramolecular Hbond substituents is 1. The number of hydrogen-bond donors (Lipinski definition) is 3. The molecule has 0 bridgehead atoms. The van der Waals surface area contributed by atoms with Gasteiger partial charge in [0.1, 0.15) is 23.4 Å². The lowest BCUT2D eigenvalue weighted by molar-refractivity contribution is -0.142. The summed E-state index contributed by atoms with van der Waals surface area (Å²) in [5.41, 5.74) is 0.251. The maximum absolute atomic E-state index is 13.6. The van der Waals surface area contributed by atoms with Crippen molar-refractivity contribution in [3.05, 3.63) is 29.3 Å². The second-order valence-electron chi connectivity index (χ2n) is 10.6. The number of nitrogens with zero attached hydrogens (tertiary/aromatic N) is 1. The van der Waals surface area contributed by atoms with E-state index in [1.165, 1.54) is 11.9 Å². The number of hydrogen-bond acceptors (Lipinski definition) is 5. The minimum absolute atomic E-state index is 0.0212. The number of aryl methyl sites for hydroxylation is 1. The molecule has 0 spiro atoms. The summed E-state index contributed by atoms with van der Waals surface area (Å²) in [6.45, 7) is 10.6. The van der Waals surface area contributed by atoms with E-state index < -0.39 is 29.7 Å². The first-order chi connectivity index (χ1) is 15.8. The van der Waals surface area contributed by atoms with Crippen molar-refractivity contribution in [1.82, 2.24) is 15.5 Å². The van der Waals surface area contributed by atoms with Gasteiger partial charge in [0.15, 0.2) is 0 Å². The van der Waals surface area contributed by atoms with E-state index in [1.54, 1.807) is 45.9 Å². The summed E-state index contributed by atoms with van der Waals surface area (Å²) in [7, 11) is 1.53. The molecule has 3 amide bonds. The fraction of sp³-hybridized carbons (Fsp3) is 0.654. The first kappa shape index (κ1) is 27.5. The lowest BCUT2D eigenvalue weighted by atomic mass is 9.94. The van der Waals surface area contributed by atoms with E-state index in [0.717, 1.165) is 32.1 Å². The van der Waals surface area contributed by atoms with Crippen molar-refractivity contribution in [1.29, 1.82) is 0 Å². The molecule has 1 aliphatic carbocycles. The number of phenols is 1. The fourth-order valence-corrected chi connectivity index (χ4v) is 4.25. The Labute approximate surface area is 203 Å². The lowest BCUT2D eigenvalue weighted by Gasteiger charge is -2.34. The second-order valence-corrected chi connectivity index (χ2v) is 10.6. The van der Waals surface area contributed by atoms with Gasteiger partial charge in [-0.2, -0.15) is 0 Å².